The third-order valence-corrected chi connectivity index (χ3v) is 4.72. The number of nitrogens with zero attached hydrogens (tertiary/aromatic N) is 2. The van der Waals surface area contributed by atoms with Crippen molar-refractivity contribution in [1.29, 1.82) is 0 Å². The number of carbonyl (C=O) groups excluding carboxylic acids is 1. The lowest BCUT2D eigenvalue weighted by atomic mass is 10.1. The van der Waals surface area contributed by atoms with Gasteiger partial charge >= 0.3 is 0 Å². The number of amides is 1. The maximum absolute atomic E-state index is 12.5. The smallest absolute Gasteiger partial charge is 0.285 e. The minimum atomic E-state index is -0.518. The fraction of sp³-hybridized carbons (Fsp3) is 0. The van der Waals surface area contributed by atoms with Crippen LogP contribution in [0.1, 0.15) is 5.56 Å². The standard InChI is InChI=1S/C16H11N3O5S2/c20-12-6-1-9(13(21)8-12)7-14-15(22)18(16(25)26-14)17-10-2-4-11(5-3-10)19(23)24/h1-8,17,20-21H/b14-7+. The molecular formula is C16H11N3O5S2. The Labute approximate surface area is 156 Å². The van der Waals surface area contributed by atoms with Crippen LogP contribution in [-0.2, 0) is 4.79 Å². The molecule has 0 atom stereocenters. The molecule has 0 spiro atoms. The van der Waals surface area contributed by atoms with Crippen LogP contribution in [0.4, 0.5) is 11.4 Å². The normalized spacial score (nSPS) is 15.5. The van der Waals surface area contributed by atoms with Crippen molar-refractivity contribution in [3.05, 3.63) is 63.0 Å². The molecule has 0 saturated carbocycles. The van der Waals surface area contributed by atoms with E-state index >= 15 is 0 Å². The fourth-order valence-corrected chi connectivity index (χ4v) is 3.32. The lowest BCUT2D eigenvalue weighted by Gasteiger charge is -2.16. The predicted molar refractivity (Wildman–Crippen MR) is 102 cm³/mol. The molecule has 26 heavy (non-hydrogen) atoms. The number of benzene rings is 2. The molecule has 3 rings (SSSR count). The number of anilines is 1. The van der Waals surface area contributed by atoms with Gasteiger partial charge in [-0.05, 0) is 42.6 Å². The fourth-order valence-electron chi connectivity index (χ4n) is 2.15. The summed E-state index contributed by atoms with van der Waals surface area (Å²) in [5.74, 6) is -0.684. The molecule has 1 aliphatic rings. The van der Waals surface area contributed by atoms with E-state index in [1.165, 1.54) is 48.5 Å². The van der Waals surface area contributed by atoms with Gasteiger partial charge in [-0.1, -0.05) is 11.8 Å². The average molecular weight is 389 g/mol. The minimum Gasteiger partial charge on any atom is -0.508 e. The molecule has 0 aromatic heterocycles. The number of thiocarbonyl (C=S) groups is 1. The Hall–Kier alpha value is -3.11. The lowest BCUT2D eigenvalue weighted by molar-refractivity contribution is -0.384. The van der Waals surface area contributed by atoms with Gasteiger partial charge in [-0.25, -0.2) is 5.01 Å². The van der Waals surface area contributed by atoms with Crippen molar-refractivity contribution >= 4 is 51.7 Å². The van der Waals surface area contributed by atoms with Crippen LogP contribution in [0.25, 0.3) is 6.08 Å². The SMILES string of the molecule is O=C1/C(=C\c2ccc(O)cc2O)SC(=S)N1Nc1ccc([N+](=O)[O-])cc1. The van der Waals surface area contributed by atoms with E-state index in [-0.39, 0.29) is 26.4 Å². The number of nitrogens with one attached hydrogen (secondary N) is 1. The van der Waals surface area contributed by atoms with Crippen molar-refractivity contribution in [3.63, 3.8) is 0 Å². The van der Waals surface area contributed by atoms with Crippen LogP contribution in [-0.4, -0.2) is 30.4 Å². The summed E-state index contributed by atoms with van der Waals surface area (Å²) < 4.78 is 0.248. The van der Waals surface area contributed by atoms with Crippen LogP contribution >= 0.6 is 24.0 Å². The summed E-state index contributed by atoms with van der Waals surface area (Å²) in [7, 11) is 0. The number of thioether (sulfide) groups is 1. The Balaban J connectivity index is 1.80. The zero-order valence-corrected chi connectivity index (χ0v) is 14.6. The summed E-state index contributed by atoms with van der Waals surface area (Å²) in [5.41, 5.74) is 3.55. The number of hydrogen-bond acceptors (Lipinski definition) is 8. The molecular weight excluding hydrogens is 378 g/mol. The molecule has 1 aliphatic heterocycles. The van der Waals surface area contributed by atoms with Gasteiger partial charge in [0.1, 0.15) is 11.5 Å². The Kier molecular flexibility index (Phi) is 4.78. The molecule has 132 valence electrons. The highest BCUT2D eigenvalue weighted by atomic mass is 32.2. The summed E-state index contributed by atoms with van der Waals surface area (Å²) in [6, 6.07) is 9.58. The van der Waals surface area contributed by atoms with Gasteiger partial charge in [0, 0.05) is 23.8 Å². The molecule has 1 saturated heterocycles. The van der Waals surface area contributed by atoms with Crippen molar-refractivity contribution in [1.82, 2.24) is 5.01 Å². The first-order chi connectivity index (χ1) is 12.3. The lowest BCUT2D eigenvalue weighted by Crippen LogP contribution is -2.33. The van der Waals surface area contributed by atoms with Gasteiger partial charge in [0.2, 0.25) is 0 Å². The van der Waals surface area contributed by atoms with Gasteiger partial charge in [0.15, 0.2) is 4.32 Å². The average Bonchev–Trinajstić information content (AvgIpc) is 2.85. The van der Waals surface area contributed by atoms with E-state index in [1.54, 1.807) is 0 Å². The third kappa shape index (κ3) is 3.60. The molecule has 8 nitrogen and oxygen atoms in total. The number of rotatable bonds is 4. The van der Waals surface area contributed by atoms with E-state index in [1.807, 2.05) is 0 Å². The molecule has 1 amide bonds. The highest BCUT2D eigenvalue weighted by Gasteiger charge is 2.32. The first kappa shape index (κ1) is 17.7. The number of phenols is 2. The molecule has 2 aromatic rings. The van der Waals surface area contributed by atoms with Crippen molar-refractivity contribution in [2.45, 2.75) is 0 Å². The van der Waals surface area contributed by atoms with Crippen molar-refractivity contribution in [2.24, 2.45) is 0 Å². The number of nitro groups is 1. The van der Waals surface area contributed by atoms with E-state index in [9.17, 15) is 25.1 Å². The van der Waals surface area contributed by atoms with E-state index in [0.29, 0.717) is 11.3 Å². The van der Waals surface area contributed by atoms with Gasteiger partial charge in [0.25, 0.3) is 11.6 Å². The van der Waals surface area contributed by atoms with Crippen LogP contribution in [0.3, 0.4) is 0 Å². The number of phenolic OH excluding ortho intramolecular Hbond substituents is 2. The monoisotopic (exact) mass is 389 g/mol. The molecule has 0 radical (unpaired) electrons. The minimum absolute atomic E-state index is 0.0661. The molecule has 0 aliphatic carbocycles. The van der Waals surface area contributed by atoms with E-state index < -0.39 is 10.8 Å². The molecule has 1 fully saturated rings. The number of hydrogen-bond donors (Lipinski definition) is 3. The maximum atomic E-state index is 12.5. The van der Waals surface area contributed by atoms with Crippen LogP contribution in [0.5, 0.6) is 11.5 Å². The largest absolute Gasteiger partial charge is 0.508 e. The third-order valence-electron chi connectivity index (χ3n) is 3.41. The summed E-state index contributed by atoms with van der Waals surface area (Å²) in [6.07, 6.45) is 1.46. The summed E-state index contributed by atoms with van der Waals surface area (Å²) in [5, 5.41) is 31.0. The molecule has 1 heterocycles. The topological polar surface area (TPSA) is 116 Å². The summed E-state index contributed by atoms with van der Waals surface area (Å²) in [4.78, 5) is 23.0. The number of nitro benzene ring substituents is 1. The summed E-state index contributed by atoms with van der Waals surface area (Å²) in [6.45, 7) is 0. The van der Waals surface area contributed by atoms with Gasteiger partial charge in [0.05, 0.1) is 15.5 Å². The zero-order valence-electron chi connectivity index (χ0n) is 12.9. The number of aromatic hydroxyl groups is 2. The van der Waals surface area contributed by atoms with E-state index in [4.69, 9.17) is 12.2 Å². The summed E-state index contributed by atoms with van der Waals surface area (Å²) >= 11 is 6.23. The van der Waals surface area contributed by atoms with Gasteiger partial charge < -0.3 is 10.2 Å². The van der Waals surface area contributed by atoms with Crippen molar-refractivity contribution in [2.75, 3.05) is 5.43 Å². The van der Waals surface area contributed by atoms with Gasteiger partial charge in [-0.3, -0.25) is 20.3 Å². The van der Waals surface area contributed by atoms with Gasteiger partial charge in [-0.15, -0.1) is 0 Å². The Morgan fingerprint density at radius 3 is 2.50 bits per heavy atom. The highest BCUT2D eigenvalue weighted by molar-refractivity contribution is 8.26. The van der Waals surface area contributed by atoms with E-state index in [2.05, 4.69) is 5.43 Å². The van der Waals surface area contributed by atoms with Crippen LogP contribution in [0.2, 0.25) is 0 Å². The molecule has 10 heteroatoms. The molecule has 0 unspecified atom stereocenters. The second-order valence-electron chi connectivity index (χ2n) is 5.18. The van der Waals surface area contributed by atoms with Crippen LogP contribution < -0.4 is 5.43 Å². The first-order valence-electron chi connectivity index (χ1n) is 7.16. The predicted octanol–water partition coefficient (Wildman–Crippen LogP) is 3.23. The Morgan fingerprint density at radius 2 is 1.88 bits per heavy atom. The molecule has 2 aromatic carbocycles. The maximum Gasteiger partial charge on any atom is 0.285 e. The van der Waals surface area contributed by atoms with Gasteiger partial charge in [-0.2, -0.15) is 0 Å². The molecule has 3 N–H and O–H groups in total. The Morgan fingerprint density at radius 1 is 1.19 bits per heavy atom. The van der Waals surface area contributed by atoms with Crippen LogP contribution in [0.15, 0.2) is 47.4 Å². The Bertz CT molecular complexity index is 943. The second kappa shape index (κ2) is 7.02. The van der Waals surface area contributed by atoms with Crippen molar-refractivity contribution < 1.29 is 19.9 Å². The highest BCUT2D eigenvalue weighted by Crippen LogP contribution is 2.35. The van der Waals surface area contributed by atoms with Crippen molar-refractivity contribution in [3.8, 4) is 11.5 Å². The number of hydrazine groups is 1. The number of non-ortho nitro benzene ring substituents is 1. The number of carbonyl (C=O) groups is 1. The quantitative estimate of drug-likeness (QED) is 0.316. The second-order valence-corrected chi connectivity index (χ2v) is 6.85. The van der Waals surface area contributed by atoms with E-state index in [0.717, 1.165) is 16.8 Å². The van der Waals surface area contributed by atoms with Crippen LogP contribution in [0, 0.1) is 10.1 Å². The first-order valence-corrected chi connectivity index (χ1v) is 8.38. The molecule has 0 bridgehead atoms. The zero-order chi connectivity index (χ0) is 18.8.